The molecule has 0 saturated heterocycles. The van der Waals surface area contributed by atoms with Crippen LogP contribution in [0.4, 0.5) is 0 Å². The third-order valence-corrected chi connectivity index (χ3v) is 11.4. The summed E-state index contributed by atoms with van der Waals surface area (Å²) in [7, 11) is 0. The Morgan fingerprint density at radius 2 is 0.648 bits per heavy atom. The second-order valence-corrected chi connectivity index (χ2v) is 16.9. The van der Waals surface area contributed by atoms with Crippen molar-refractivity contribution >= 4 is 17.9 Å². The van der Waals surface area contributed by atoms with E-state index in [0.717, 1.165) is 69.6 Å². The number of ether oxygens (including phenoxy) is 3. The zero-order valence-electron chi connectivity index (χ0n) is 36.8. The normalized spacial score (nSPS) is 13.1. The molecule has 0 aromatic carbocycles. The first-order valence-electron chi connectivity index (χ1n) is 23.8. The summed E-state index contributed by atoms with van der Waals surface area (Å²) in [5.74, 6) is 0.822. The molecule has 0 fully saturated rings. The van der Waals surface area contributed by atoms with Crippen LogP contribution in [0.5, 0.6) is 0 Å². The highest BCUT2D eigenvalue weighted by Gasteiger charge is 2.19. The number of hydrogen-bond acceptors (Lipinski definition) is 6. The van der Waals surface area contributed by atoms with Crippen molar-refractivity contribution in [2.45, 2.75) is 265 Å². The standard InChI is InChI=1S/C48H92O6/c1-6-9-10-11-12-13-14-15-19-22-28-33-38-46(49)52-41-45(54-48(51)40-35-30-25-24-27-32-37-44(5)8-3)42-53-47(50)39-34-29-23-20-17-16-18-21-26-31-36-43(4)7-2/h43-45H,6-42H2,1-5H3/t43?,44?,45-/m1/s1. The highest BCUT2D eigenvalue weighted by Crippen LogP contribution is 2.18. The van der Waals surface area contributed by atoms with E-state index >= 15 is 0 Å². The Morgan fingerprint density at radius 1 is 0.370 bits per heavy atom. The molecule has 0 heterocycles. The Bertz CT molecular complexity index is 828. The largest absolute Gasteiger partial charge is 0.462 e. The third-order valence-electron chi connectivity index (χ3n) is 11.4. The average molecular weight is 765 g/mol. The van der Waals surface area contributed by atoms with Crippen LogP contribution >= 0.6 is 0 Å². The van der Waals surface area contributed by atoms with E-state index in [9.17, 15) is 14.4 Å². The number of esters is 3. The average Bonchev–Trinajstić information content (AvgIpc) is 3.17. The predicted molar refractivity (Wildman–Crippen MR) is 229 cm³/mol. The van der Waals surface area contributed by atoms with Gasteiger partial charge in [-0.15, -0.1) is 0 Å². The maximum absolute atomic E-state index is 12.7. The quantitative estimate of drug-likeness (QED) is 0.0350. The number of rotatable bonds is 42. The van der Waals surface area contributed by atoms with Crippen LogP contribution in [0.25, 0.3) is 0 Å². The molecule has 0 aromatic heterocycles. The molecule has 0 bridgehead atoms. The van der Waals surface area contributed by atoms with Crippen LogP contribution in [0.2, 0.25) is 0 Å². The second-order valence-electron chi connectivity index (χ2n) is 16.9. The first-order valence-corrected chi connectivity index (χ1v) is 23.8. The fraction of sp³-hybridized carbons (Fsp3) is 0.938. The highest BCUT2D eigenvalue weighted by atomic mass is 16.6. The van der Waals surface area contributed by atoms with Crippen LogP contribution in [-0.4, -0.2) is 37.2 Å². The summed E-state index contributed by atoms with van der Waals surface area (Å²) >= 11 is 0. The molecule has 0 N–H and O–H groups in total. The molecule has 0 aliphatic rings. The summed E-state index contributed by atoms with van der Waals surface area (Å²) in [5.41, 5.74) is 0. The first-order chi connectivity index (χ1) is 26.3. The molecule has 54 heavy (non-hydrogen) atoms. The predicted octanol–water partition coefficient (Wildman–Crippen LogP) is 15.0. The van der Waals surface area contributed by atoms with Crippen molar-refractivity contribution < 1.29 is 28.6 Å². The van der Waals surface area contributed by atoms with E-state index in [1.165, 1.54) is 148 Å². The molecule has 0 aromatic rings. The molecular formula is C48H92O6. The Balaban J connectivity index is 4.33. The van der Waals surface area contributed by atoms with Gasteiger partial charge in [-0.1, -0.05) is 221 Å². The minimum Gasteiger partial charge on any atom is -0.462 e. The summed E-state index contributed by atoms with van der Waals surface area (Å²) < 4.78 is 16.7. The molecule has 6 nitrogen and oxygen atoms in total. The van der Waals surface area contributed by atoms with Gasteiger partial charge < -0.3 is 14.2 Å². The van der Waals surface area contributed by atoms with Gasteiger partial charge in [0.1, 0.15) is 13.2 Å². The fourth-order valence-electron chi connectivity index (χ4n) is 7.04. The zero-order valence-corrected chi connectivity index (χ0v) is 36.8. The van der Waals surface area contributed by atoms with Gasteiger partial charge >= 0.3 is 17.9 Å². The van der Waals surface area contributed by atoms with Gasteiger partial charge in [-0.2, -0.15) is 0 Å². The lowest BCUT2D eigenvalue weighted by atomic mass is 9.99. The highest BCUT2D eigenvalue weighted by molar-refractivity contribution is 5.71. The summed E-state index contributed by atoms with van der Waals surface area (Å²) in [5, 5.41) is 0. The van der Waals surface area contributed by atoms with Crippen molar-refractivity contribution in [3.63, 3.8) is 0 Å². The molecule has 0 aliphatic carbocycles. The molecule has 2 unspecified atom stereocenters. The van der Waals surface area contributed by atoms with Crippen LogP contribution in [0, 0.1) is 11.8 Å². The Hall–Kier alpha value is -1.59. The van der Waals surface area contributed by atoms with E-state index in [2.05, 4.69) is 34.6 Å². The lowest BCUT2D eigenvalue weighted by Crippen LogP contribution is -2.30. The lowest BCUT2D eigenvalue weighted by molar-refractivity contribution is -0.167. The van der Waals surface area contributed by atoms with Crippen molar-refractivity contribution in [3.8, 4) is 0 Å². The number of unbranched alkanes of at least 4 members (excludes halogenated alkanes) is 25. The van der Waals surface area contributed by atoms with Gasteiger partial charge in [0.15, 0.2) is 6.10 Å². The molecule has 0 saturated carbocycles. The topological polar surface area (TPSA) is 78.9 Å². The number of carbonyl (C=O) groups excluding carboxylic acids is 3. The van der Waals surface area contributed by atoms with Crippen LogP contribution < -0.4 is 0 Å². The Kier molecular flexibility index (Phi) is 39.8. The molecule has 3 atom stereocenters. The number of carbonyl (C=O) groups is 3. The van der Waals surface area contributed by atoms with E-state index in [0.29, 0.717) is 19.3 Å². The Labute approximate surface area is 336 Å². The van der Waals surface area contributed by atoms with E-state index < -0.39 is 6.10 Å². The van der Waals surface area contributed by atoms with E-state index in [4.69, 9.17) is 14.2 Å². The van der Waals surface area contributed by atoms with Crippen molar-refractivity contribution in [2.75, 3.05) is 13.2 Å². The molecule has 0 rings (SSSR count). The molecule has 0 amide bonds. The number of hydrogen-bond donors (Lipinski definition) is 0. The first kappa shape index (κ1) is 52.4. The Morgan fingerprint density at radius 3 is 0.963 bits per heavy atom. The van der Waals surface area contributed by atoms with Gasteiger partial charge in [0.25, 0.3) is 0 Å². The monoisotopic (exact) mass is 765 g/mol. The van der Waals surface area contributed by atoms with E-state index in [-0.39, 0.29) is 31.1 Å². The minimum absolute atomic E-state index is 0.0653. The van der Waals surface area contributed by atoms with Crippen molar-refractivity contribution in [2.24, 2.45) is 11.8 Å². The smallest absolute Gasteiger partial charge is 0.306 e. The van der Waals surface area contributed by atoms with Gasteiger partial charge in [0, 0.05) is 19.3 Å². The summed E-state index contributed by atoms with van der Waals surface area (Å²) in [6.45, 7) is 11.3. The van der Waals surface area contributed by atoms with Gasteiger partial charge in [-0.05, 0) is 31.1 Å². The van der Waals surface area contributed by atoms with Gasteiger partial charge in [0.2, 0.25) is 0 Å². The van der Waals surface area contributed by atoms with Gasteiger partial charge in [-0.3, -0.25) is 14.4 Å². The maximum Gasteiger partial charge on any atom is 0.306 e. The van der Waals surface area contributed by atoms with Gasteiger partial charge in [0.05, 0.1) is 0 Å². The summed E-state index contributed by atoms with van der Waals surface area (Å²) in [6.07, 6.45) is 39.4. The summed E-state index contributed by atoms with van der Waals surface area (Å²) in [6, 6.07) is 0. The SMILES string of the molecule is CCCCCCCCCCCCCCC(=O)OC[C@H](COC(=O)CCCCCCCCCCCCC(C)CC)OC(=O)CCCCCCCCC(C)CC. The zero-order chi connectivity index (χ0) is 39.7. The second kappa shape index (κ2) is 41.1. The molecular weight excluding hydrogens is 673 g/mol. The third kappa shape index (κ3) is 38.7. The minimum atomic E-state index is -0.761. The van der Waals surface area contributed by atoms with Crippen LogP contribution in [0.15, 0.2) is 0 Å². The molecule has 320 valence electrons. The van der Waals surface area contributed by atoms with Crippen LogP contribution in [0.3, 0.4) is 0 Å². The summed E-state index contributed by atoms with van der Waals surface area (Å²) in [4.78, 5) is 37.8. The van der Waals surface area contributed by atoms with Crippen molar-refractivity contribution in [1.82, 2.24) is 0 Å². The van der Waals surface area contributed by atoms with Gasteiger partial charge in [-0.25, -0.2) is 0 Å². The molecule has 6 heteroatoms. The molecule has 0 radical (unpaired) electrons. The van der Waals surface area contributed by atoms with Crippen LogP contribution in [-0.2, 0) is 28.6 Å². The fourth-order valence-corrected chi connectivity index (χ4v) is 7.04. The van der Waals surface area contributed by atoms with Crippen molar-refractivity contribution in [1.29, 1.82) is 0 Å². The van der Waals surface area contributed by atoms with Crippen LogP contribution in [0.1, 0.15) is 259 Å². The van der Waals surface area contributed by atoms with E-state index in [1.807, 2.05) is 0 Å². The van der Waals surface area contributed by atoms with E-state index in [1.54, 1.807) is 0 Å². The lowest BCUT2D eigenvalue weighted by Gasteiger charge is -2.18. The maximum atomic E-state index is 12.7. The van der Waals surface area contributed by atoms with Crippen molar-refractivity contribution in [3.05, 3.63) is 0 Å². The molecule has 0 spiro atoms. The molecule has 0 aliphatic heterocycles.